The second-order valence-corrected chi connectivity index (χ2v) is 5.88. The van der Waals surface area contributed by atoms with Crippen LogP contribution in [-0.2, 0) is 14.3 Å². The van der Waals surface area contributed by atoms with E-state index in [0.29, 0.717) is 0 Å². The number of esters is 2. The number of carbonyl (C=O) groups is 2. The fourth-order valence-electron chi connectivity index (χ4n) is 1.30. The van der Waals surface area contributed by atoms with Crippen molar-refractivity contribution in [2.45, 2.75) is 37.2 Å². The number of thioether (sulfide) groups is 1. The Morgan fingerprint density at radius 1 is 1.38 bits per heavy atom. The van der Waals surface area contributed by atoms with Crippen molar-refractivity contribution in [3.63, 3.8) is 0 Å². The number of hydrogen-bond acceptors (Lipinski definition) is 6. The van der Waals surface area contributed by atoms with Crippen LogP contribution < -0.4 is 0 Å². The minimum Gasteiger partial charge on any atom is -0.457 e. The molecule has 8 heteroatoms. The number of rotatable bonds is 5. The molecule has 0 amide bonds. The first-order valence-corrected chi connectivity index (χ1v) is 6.86. The molecular weight excluding hydrogens is 304 g/mol. The van der Waals surface area contributed by atoms with E-state index in [2.05, 4.69) is 4.98 Å². The fraction of sp³-hybridized carbons (Fsp3) is 0.462. The second kappa shape index (κ2) is 7.35. The summed E-state index contributed by atoms with van der Waals surface area (Å²) >= 11 is 0.136. The van der Waals surface area contributed by atoms with Gasteiger partial charge < -0.3 is 9.47 Å². The van der Waals surface area contributed by atoms with E-state index in [-0.39, 0.29) is 22.4 Å². The van der Waals surface area contributed by atoms with Crippen molar-refractivity contribution in [1.29, 1.82) is 0 Å². The van der Waals surface area contributed by atoms with Crippen LogP contribution in [0.3, 0.4) is 0 Å². The second-order valence-electron chi connectivity index (χ2n) is 4.90. The van der Waals surface area contributed by atoms with E-state index in [1.807, 2.05) is 0 Å². The lowest BCUT2D eigenvalue weighted by atomic mass is 10.2. The molecular formula is C13H15F2NO4S. The molecule has 0 atom stereocenters. The Bertz CT molecular complexity index is 517. The lowest BCUT2D eigenvalue weighted by Gasteiger charge is -2.19. The molecule has 116 valence electrons. The van der Waals surface area contributed by atoms with Crippen LogP contribution in [0, 0.1) is 0 Å². The summed E-state index contributed by atoms with van der Waals surface area (Å²) in [6.07, 6.45) is 1.29. The maximum Gasteiger partial charge on any atom is 0.344 e. The van der Waals surface area contributed by atoms with E-state index in [1.54, 1.807) is 20.8 Å². The fourth-order valence-corrected chi connectivity index (χ4v) is 1.87. The summed E-state index contributed by atoms with van der Waals surface area (Å²) < 4.78 is 34.4. The van der Waals surface area contributed by atoms with Crippen molar-refractivity contribution in [2.75, 3.05) is 6.61 Å². The molecule has 0 aliphatic rings. The van der Waals surface area contributed by atoms with Gasteiger partial charge in [0.15, 0.2) is 6.61 Å². The average molecular weight is 319 g/mol. The van der Waals surface area contributed by atoms with Gasteiger partial charge >= 0.3 is 11.9 Å². The Labute approximate surface area is 125 Å². The molecule has 0 N–H and O–H groups in total. The summed E-state index contributed by atoms with van der Waals surface area (Å²) in [7, 11) is 0. The predicted molar refractivity (Wildman–Crippen MR) is 72.2 cm³/mol. The standard InChI is InChI=1S/C13H15F2NO4S/c1-13(2,3)20-9(17)7-19-11(18)8-5-4-6-16-10(8)21-12(14)15/h4-6,12H,7H2,1-3H3. The van der Waals surface area contributed by atoms with Crippen molar-refractivity contribution < 1.29 is 27.8 Å². The van der Waals surface area contributed by atoms with Crippen molar-refractivity contribution >= 4 is 23.7 Å². The van der Waals surface area contributed by atoms with Crippen molar-refractivity contribution in [2.24, 2.45) is 0 Å². The minimum atomic E-state index is -2.71. The monoisotopic (exact) mass is 319 g/mol. The zero-order valence-corrected chi connectivity index (χ0v) is 12.6. The van der Waals surface area contributed by atoms with Crippen LogP contribution in [0.1, 0.15) is 31.1 Å². The molecule has 0 aliphatic heterocycles. The summed E-state index contributed by atoms with van der Waals surface area (Å²) in [5.41, 5.74) is -0.819. The van der Waals surface area contributed by atoms with Gasteiger partial charge in [0.2, 0.25) is 0 Å². The molecule has 0 unspecified atom stereocenters. The van der Waals surface area contributed by atoms with Crippen molar-refractivity contribution in [3.05, 3.63) is 23.9 Å². The van der Waals surface area contributed by atoms with Gasteiger partial charge in [-0.05, 0) is 44.7 Å². The molecule has 1 aromatic heterocycles. The molecule has 0 saturated heterocycles. The third-order valence-corrected chi connectivity index (χ3v) is 2.66. The average Bonchev–Trinajstić information content (AvgIpc) is 2.34. The molecule has 0 aliphatic carbocycles. The molecule has 0 radical (unpaired) electrons. The molecule has 0 aromatic carbocycles. The van der Waals surface area contributed by atoms with Gasteiger partial charge in [0.25, 0.3) is 5.76 Å². The largest absolute Gasteiger partial charge is 0.457 e. The highest BCUT2D eigenvalue weighted by atomic mass is 32.2. The molecule has 0 saturated carbocycles. The van der Waals surface area contributed by atoms with Crippen molar-refractivity contribution in [1.82, 2.24) is 4.98 Å². The highest BCUT2D eigenvalue weighted by Gasteiger charge is 2.21. The number of carbonyl (C=O) groups excluding carboxylic acids is 2. The van der Waals surface area contributed by atoms with E-state index >= 15 is 0 Å². The summed E-state index contributed by atoms with van der Waals surface area (Å²) in [4.78, 5) is 26.9. The first kappa shape index (κ1) is 17.4. The highest BCUT2D eigenvalue weighted by Crippen LogP contribution is 2.26. The molecule has 21 heavy (non-hydrogen) atoms. The maximum atomic E-state index is 12.4. The van der Waals surface area contributed by atoms with Gasteiger partial charge in [-0.3, -0.25) is 0 Å². The van der Waals surface area contributed by atoms with E-state index in [4.69, 9.17) is 9.47 Å². The Morgan fingerprint density at radius 2 is 2.05 bits per heavy atom. The van der Waals surface area contributed by atoms with Crippen LogP contribution in [0.15, 0.2) is 23.4 Å². The topological polar surface area (TPSA) is 65.5 Å². The molecule has 0 bridgehead atoms. The molecule has 0 fully saturated rings. The zero-order chi connectivity index (χ0) is 16.0. The van der Waals surface area contributed by atoms with Gasteiger partial charge in [-0.2, -0.15) is 8.78 Å². The number of pyridine rings is 1. The maximum absolute atomic E-state index is 12.4. The van der Waals surface area contributed by atoms with Gasteiger partial charge in [-0.15, -0.1) is 0 Å². The third kappa shape index (κ3) is 6.52. The number of nitrogens with zero attached hydrogens (tertiary/aromatic N) is 1. The smallest absolute Gasteiger partial charge is 0.344 e. The van der Waals surface area contributed by atoms with Crippen LogP contribution >= 0.6 is 11.8 Å². The Hall–Kier alpha value is -1.70. The van der Waals surface area contributed by atoms with E-state index in [0.717, 1.165) is 0 Å². The summed E-state index contributed by atoms with van der Waals surface area (Å²) in [5.74, 6) is -4.34. The molecule has 1 rings (SSSR count). The predicted octanol–water partition coefficient (Wildman–Crippen LogP) is 2.89. The molecule has 1 heterocycles. The summed E-state index contributed by atoms with van der Waals surface area (Å²) in [5, 5.41) is -0.151. The molecule has 1 aromatic rings. The molecule has 5 nitrogen and oxygen atoms in total. The van der Waals surface area contributed by atoms with Gasteiger partial charge in [0.1, 0.15) is 10.6 Å². The van der Waals surface area contributed by atoms with Crippen LogP contribution in [-0.4, -0.2) is 34.9 Å². The first-order chi connectivity index (χ1) is 9.69. The minimum absolute atomic E-state index is 0.119. The lowest BCUT2D eigenvalue weighted by molar-refractivity contribution is -0.158. The normalized spacial score (nSPS) is 11.3. The summed E-state index contributed by atoms with van der Waals surface area (Å²) in [6, 6.07) is 2.72. The van der Waals surface area contributed by atoms with Crippen molar-refractivity contribution in [3.8, 4) is 0 Å². The highest BCUT2D eigenvalue weighted by molar-refractivity contribution is 7.99. The lowest BCUT2D eigenvalue weighted by Crippen LogP contribution is -2.27. The zero-order valence-electron chi connectivity index (χ0n) is 11.8. The third-order valence-electron chi connectivity index (χ3n) is 1.93. The number of aromatic nitrogens is 1. The van der Waals surface area contributed by atoms with Gasteiger partial charge in [-0.1, -0.05) is 0 Å². The van der Waals surface area contributed by atoms with Crippen LogP contribution in [0.2, 0.25) is 0 Å². The number of halogens is 2. The van der Waals surface area contributed by atoms with E-state index in [1.165, 1.54) is 18.3 Å². The van der Waals surface area contributed by atoms with Crippen LogP contribution in [0.5, 0.6) is 0 Å². The van der Waals surface area contributed by atoms with Gasteiger partial charge in [0.05, 0.1) is 5.56 Å². The van der Waals surface area contributed by atoms with E-state index < -0.39 is 29.9 Å². The Morgan fingerprint density at radius 3 is 2.62 bits per heavy atom. The number of alkyl halides is 2. The SMILES string of the molecule is CC(C)(C)OC(=O)COC(=O)c1cccnc1SC(F)F. The summed E-state index contributed by atoms with van der Waals surface area (Å²) in [6.45, 7) is 4.42. The Balaban J connectivity index is 2.66. The Kier molecular flexibility index (Phi) is 6.07. The molecule has 0 spiro atoms. The van der Waals surface area contributed by atoms with Gasteiger partial charge in [0, 0.05) is 6.20 Å². The van der Waals surface area contributed by atoms with Crippen LogP contribution in [0.4, 0.5) is 8.78 Å². The van der Waals surface area contributed by atoms with E-state index in [9.17, 15) is 18.4 Å². The quantitative estimate of drug-likeness (QED) is 0.614. The van der Waals surface area contributed by atoms with Gasteiger partial charge in [-0.25, -0.2) is 14.6 Å². The van der Waals surface area contributed by atoms with Crippen LogP contribution in [0.25, 0.3) is 0 Å². The number of hydrogen-bond donors (Lipinski definition) is 0. The number of ether oxygens (including phenoxy) is 2. The first-order valence-electron chi connectivity index (χ1n) is 5.98.